The number of amides is 3. The Hall–Kier alpha value is -2.64. The molecule has 1 aliphatic rings. The summed E-state index contributed by atoms with van der Waals surface area (Å²) in [6, 6.07) is 6.10. The van der Waals surface area contributed by atoms with Crippen molar-refractivity contribution in [1.82, 2.24) is 15.1 Å². The second-order valence-corrected chi connectivity index (χ2v) is 6.43. The molecule has 1 aliphatic heterocycles. The molecule has 148 valence electrons. The van der Waals surface area contributed by atoms with Crippen LogP contribution in [0.4, 0.5) is 9.18 Å². The van der Waals surface area contributed by atoms with Gasteiger partial charge in [0.15, 0.2) is 0 Å². The fourth-order valence-corrected chi connectivity index (χ4v) is 3.12. The van der Waals surface area contributed by atoms with Crippen molar-refractivity contribution in [3.63, 3.8) is 0 Å². The van der Waals surface area contributed by atoms with Crippen molar-refractivity contribution < 1.29 is 23.5 Å². The van der Waals surface area contributed by atoms with E-state index in [0.717, 1.165) is 0 Å². The van der Waals surface area contributed by atoms with Gasteiger partial charge in [-0.2, -0.15) is 0 Å². The van der Waals surface area contributed by atoms with E-state index >= 15 is 0 Å². The Morgan fingerprint density at radius 1 is 1.26 bits per heavy atom. The van der Waals surface area contributed by atoms with Crippen molar-refractivity contribution >= 4 is 17.9 Å². The Bertz CT molecular complexity index is 675. The van der Waals surface area contributed by atoms with Gasteiger partial charge in [0.05, 0.1) is 13.2 Å². The first kappa shape index (κ1) is 20.7. The monoisotopic (exact) mass is 379 g/mol. The number of carbonyl (C=O) groups is 3. The summed E-state index contributed by atoms with van der Waals surface area (Å²) in [5.41, 5.74) is 0.392. The first-order valence-electron chi connectivity index (χ1n) is 9.11. The van der Waals surface area contributed by atoms with Gasteiger partial charge in [-0.15, -0.1) is 0 Å². The van der Waals surface area contributed by atoms with Crippen LogP contribution in [0.2, 0.25) is 0 Å². The highest BCUT2D eigenvalue weighted by Crippen LogP contribution is 2.17. The second kappa shape index (κ2) is 9.89. The Morgan fingerprint density at radius 2 is 1.93 bits per heavy atom. The lowest BCUT2D eigenvalue weighted by molar-refractivity contribution is -0.137. The molecule has 1 heterocycles. The number of piperidine rings is 1. The number of benzene rings is 1. The molecule has 2 rings (SSSR count). The molecule has 7 nitrogen and oxygen atoms in total. The number of halogens is 1. The van der Waals surface area contributed by atoms with Crippen LogP contribution in [0.15, 0.2) is 24.3 Å². The molecule has 0 bridgehead atoms. The fraction of sp³-hybridized carbons (Fsp3) is 0.526. The Morgan fingerprint density at radius 3 is 2.52 bits per heavy atom. The van der Waals surface area contributed by atoms with Gasteiger partial charge in [-0.05, 0) is 25.8 Å². The predicted molar refractivity (Wildman–Crippen MR) is 97.3 cm³/mol. The van der Waals surface area contributed by atoms with Crippen molar-refractivity contribution in [2.45, 2.75) is 39.3 Å². The average molecular weight is 379 g/mol. The van der Waals surface area contributed by atoms with Gasteiger partial charge >= 0.3 is 6.09 Å². The first-order valence-corrected chi connectivity index (χ1v) is 9.11. The molecule has 8 heteroatoms. The number of nitrogens with zero attached hydrogens (tertiary/aromatic N) is 2. The summed E-state index contributed by atoms with van der Waals surface area (Å²) in [4.78, 5) is 39.1. The zero-order chi connectivity index (χ0) is 19.8. The molecule has 1 N–H and O–H groups in total. The standard InChI is InChI=1S/C19H26FN3O4/c1-3-27-19(26)22-10-8-16(9-11-22)23(14(2)24)13-18(25)21-12-15-6-4-5-7-17(15)20/h4-7,16H,3,8-13H2,1-2H3,(H,21,25). The molecule has 0 unspecified atom stereocenters. The third-order valence-electron chi connectivity index (χ3n) is 4.58. The summed E-state index contributed by atoms with van der Waals surface area (Å²) in [5.74, 6) is -0.931. The zero-order valence-electron chi connectivity index (χ0n) is 15.7. The third-order valence-corrected chi connectivity index (χ3v) is 4.58. The van der Waals surface area contributed by atoms with Crippen LogP contribution in [-0.4, -0.2) is 60.0 Å². The maximum Gasteiger partial charge on any atom is 0.409 e. The van der Waals surface area contributed by atoms with E-state index in [2.05, 4.69) is 5.32 Å². The molecule has 3 amide bonds. The van der Waals surface area contributed by atoms with Gasteiger partial charge in [0, 0.05) is 38.2 Å². The lowest BCUT2D eigenvalue weighted by Gasteiger charge is -2.37. The number of ether oxygens (including phenoxy) is 1. The van der Waals surface area contributed by atoms with Crippen LogP contribution >= 0.6 is 0 Å². The molecule has 1 aromatic rings. The highest BCUT2D eigenvalue weighted by atomic mass is 19.1. The van der Waals surface area contributed by atoms with E-state index in [1.165, 1.54) is 17.9 Å². The molecule has 0 aromatic heterocycles. The fourth-order valence-electron chi connectivity index (χ4n) is 3.12. The van der Waals surface area contributed by atoms with E-state index in [9.17, 15) is 18.8 Å². The molecular formula is C19H26FN3O4. The molecule has 0 aliphatic carbocycles. The molecule has 0 spiro atoms. The Labute approximate surface area is 158 Å². The normalized spacial score (nSPS) is 14.6. The highest BCUT2D eigenvalue weighted by molar-refractivity contribution is 5.84. The van der Waals surface area contributed by atoms with Gasteiger partial charge in [0.2, 0.25) is 11.8 Å². The number of hydrogen-bond donors (Lipinski definition) is 1. The van der Waals surface area contributed by atoms with E-state index in [-0.39, 0.29) is 42.9 Å². The van der Waals surface area contributed by atoms with Crippen molar-refractivity contribution in [2.24, 2.45) is 0 Å². The number of carbonyl (C=O) groups excluding carboxylic acids is 3. The summed E-state index contributed by atoms with van der Waals surface area (Å²) >= 11 is 0. The summed E-state index contributed by atoms with van der Waals surface area (Å²) in [7, 11) is 0. The molecule has 1 saturated heterocycles. The second-order valence-electron chi connectivity index (χ2n) is 6.43. The minimum Gasteiger partial charge on any atom is -0.450 e. The highest BCUT2D eigenvalue weighted by Gasteiger charge is 2.29. The first-order chi connectivity index (χ1) is 12.9. The van der Waals surface area contributed by atoms with Crippen molar-refractivity contribution in [3.8, 4) is 0 Å². The number of likely N-dealkylation sites (tertiary alicyclic amines) is 1. The maximum absolute atomic E-state index is 13.6. The van der Waals surface area contributed by atoms with Gasteiger partial charge in [-0.1, -0.05) is 18.2 Å². The Balaban J connectivity index is 1.86. The van der Waals surface area contributed by atoms with Gasteiger partial charge in [0.25, 0.3) is 0 Å². The summed E-state index contributed by atoms with van der Waals surface area (Å²) in [5, 5.41) is 2.65. The molecule has 1 aromatic carbocycles. The quantitative estimate of drug-likeness (QED) is 0.819. The average Bonchev–Trinajstić information content (AvgIpc) is 2.65. The zero-order valence-corrected chi connectivity index (χ0v) is 15.7. The van der Waals surface area contributed by atoms with Crippen molar-refractivity contribution in [3.05, 3.63) is 35.6 Å². The van der Waals surface area contributed by atoms with Crippen molar-refractivity contribution in [2.75, 3.05) is 26.2 Å². The molecule has 27 heavy (non-hydrogen) atoms. The summed E-state index contributed by atoms with van der Waals surface area (Å²) in [6.45, 7) is 4.42. The molecule has 0 radical (unpaired) electrons. The molecular weight excluding hydrogens is 353 g/mol. The minimum atomic E-state index is -0.382. The largest absolute Gasteiger partial charge is 0.450 e. The molecule has 0 saturated carbocycles. The van der Waals surface area contributed by atoms with E-state index < -0.39 is 0 Å². The predicted octanol–water partition coefficient (Wildman–Crippen LogP) is 1.91. The number of nitrogens with one attached hydrogen (secondary N) is 1. The smallest absolute Gasteiger partial charge is 0.409 e. The molecule has 0 atom stereocenters. The van der Waals surface area contributed by atoms with Crippen LogP contribution in [0.25, 0.3) is 0 Å². The van der Waals surface area contributed by atoms with Crippen LogP contribution in [0.3, 0.4) is 0 Å². The SMILES string of the molecule is CCOC(=O)N1CCC(N(CC(=O)NCc2ccccc2F)C(C)=O)CC1. The topological polar surface area (TPSA) is 79.0 Å². The van der Waals surface area contributed by atoms with Gasteiger partial charge in [-0.3, -0.25) is 9.59 Å². The number of hydrogen-bond acceptors (Lipinski definition) is 4. The van der Waals surface area contributed by atoms with Crippen LogP contribution in [0.1, 0.15) is 32.3 Å². The van der Waals surface area contributed by atoms with E-state index in [1.807, 2.05) is 0 Å². The van der Waals surface area contributed by atoms with Crippen molar-refractivity contribution in [1.29, 1.82) is 0 Å². The maximum atomic E-state index is 13.6. The van der Waals surface area contributed by atoms with Crippen LogP contribution in [0.5, 0.6) is 0 Å². The van der Waals surface area contributed by atoms with E-state index in [1.54, 1.807) is 30.0 Å². The molecule has 1 fully saturated rings. The third kappa shape index (κ3) is 5.94. The van der Waals surface area contributed by atoms with Crippen LogP contribution in [0, 0.1) is 5.82 Å². The van der Waals surface area contributed by atoms with Crippen LogP contribution < -0.4 is 5.32 Å². The van der Waals surface area contributed by atoms with Crippen LogP contribution in [-0.2, 0) is 20.9 Å². The van der Waals surface area contributed by atoms with Gasteiger partial charge in [-0.25, -0.2) is 9.18 Å². The van der Waals surface area contributed by atoms with Gasteiger partial charge < -0.3 is 19.9 Å². The number of rotatable bonds is 6. The Kier molecular flexibility index (Phi) is 7.57. The lowest BCUT2D eigenvalue weighted by atomic mass is 10.0. The summed E-state index contributed by atoms with van der Waals surface area (Å²) in [6.07, 6.45) is 0.811. The lowest BCUT2D eigenvalue weighted by Crippen LogP contribution is -2.51. The van der Waals surface area contributed by atoms with E-state index in [4.69, 9.17) is 4.74 Å². The van der Waals surface area contributed by atoms with Gasteiger partial charge in [0.1, 0.15) is 5.82 Å². The minimum absolute atomic E-state index is 0.0680. The summed E-state index contributed by atoms with van der Waals surface area (Å²) < 4.78 is 18.6. The van der Waals surface area contributed by atoms with E-state index in [0.29, 0.717) is 38.1 Å².